The maximum atomic E-state index is 14.0. The Kier molecular flexibility index (Phi) is 6.43. The Hall–Kier alpha value is -2.01. The van der Waals surface area contributed by atoms with E-state index in [9.17, 15) is 4.79 Å². The molecule has 170 valence electrons. The highest BCUT2D eigenvalue weighted by atomic mass is 35.5. The summed E-state index contributed by atoms with van der Waals surface area (Å²) in [6.07, 6.45) is 8.36. The molecule has 1 saturated carbocycles. The number of aromatic nitrogens is 2. The van der Waals surface area contributed by atoms with Crippen LogP contribution in [0.2, 0.25) is 10.0 Å². The second-order valence-corrected chi connectivity index (χ2v) is 10.8. The van der Waals surface area contributed by atoms with Crippen molar-refractivity contribution in [3.05, 3.63) is 92.2 Å². The summed E-state index contributed by atoms with van der Waals surface area (Å²) in [5, 5.41) is 1.93. The molecule has 0 radical (unpaired) electrons. The van der Waals surface area contributed by atoms with Gasteiger partial charge in [-0.15, -0.1) is 6.58 Å². The second-order valence-electron chi connectivity index (χ2n) is 9.02. The first-order chi connectivity index (χ1) is 16.0. The van der Waals surface area contributed by atoms with Crippen LogP contribution < -0.4 is 5.56 Å². The molecule has 2 aliphatic carbocycles. The van der Waals surface area contributed by atoms with E-state index in [4.69, 9.17) is 28.2 Å². The van der Waals surface area contributed by atoms with Gasteiger partial charge in [0.15, 0.2) is 5.16 Å². The van der Waals surface area contributed by atoms with Crippen LogP contribution in [0.3, 0.4) is 0 Å². The van der Waals surface area contributed by atoms with Gasteiger partial charge in [0.05, 0.1) is 11.3 Å². The van der Waals surface area contributed by atoms with Crippen molar-refractivity contribution >= 4 is 35.0 Å². The second kappa shape index (κ2) is 9.32. The number of fused-ring (bicyclic) bond motifs is 4. The van der Waals surface area contributed by atoms with Gasteiger partial charge in [-0.1, -0.05) is 90.6 Å². The molecule has 1 aromatic heterocycles. The van der Waals surface area contributed by atoms with Crippen molar-refractivity contribution in [3.63, 3.8) is 0 Å². The zero-order valence-corrected chi connectivity index (χ0v) is 20.8. The number of hydrogen-bond acceptors (Lipinski definition) is 3. The molecule has 1 spiro atoms. The Balaban J connectivity index is 1.65. The van der Waals surface area contributed by atoms with Crippen LogP contribution in [0.4, 0.5) is 0 Å². The summed E-state index contributed by atoms with van der Waals surface area (Å²) < 4.78 is 1.80. The Morgan fingerprint density at radius 1 is 1.12 bits per heavy atom. The smallest absolute Gasteiger partial charge is 0.258 e. The molecule has 2 aliphatic rings. The predicted molar refractivity (Wildman–Crippen MR) is 139 cm³/mol. The fourth-order valence-corrected chi connectivity index (χ4v) is 6.96. The molecule has 3 aromatic rings. The average Bonchev–Trinajstić information content (AvgIpc) is 2.81. The third-order valence-corrected chi connectivity index (χ3v) is 8.57. The van der Waals surface area contributed by atoms with Gasteiger partial charge in [0.25, 0.3) is 5.56 Å². The molecule has 1 heterocycles. The molecular formula is C27H26Cl2N2OS. The normalized spacial score (nSPS) is 16.3. The Labute approximate surface area is 208 Å². The minimum Gasteiger partial charge on any atom is -0.283 e. The van der Waals surface area contributed by atoms with Crippen LogP contribution in [-0.2, 0) is 24.1 Å². The van der Waals surface area contributed by atoms with Crippen LogP contribution in [0.25, 0.3) is 11.3 Å². The number of allylic oxidation sites excluding steroid dienone is 1. The molecule has 0 bridgehead atoms. The standard InChI is InChI=1S/C27H26Cl2N2OS/c1-2-14-31-25(32)23-24(30-26(31)33-17-19-10-11-20(28)15-22(19)29)21-9-5-4-8-18(21)16-27(23)12-6-3-7-13-27/h2,4-5,8-11,15H,1,3,6-7,12-14,16-17H2. The van der Waals surface area contributed by atoms with Gasteiger partial charge >= 0.3 is 0 Å². The van der Waals surface area contributed by atoms with Gasteiger partial charge in [-0.05, 0) is 42.5 Å². The minimum atomic E-state index is -0.113. The topological polar surface area (TPSA) is 34.9 Å². The highest BCUT2D eigenvalue weighted by Crippen LogP contribution is 2.48. The quantitative estimate of drug-likeness (QED) is 0.209. The number of nitrogens with zero attached hydrogens (tertiary/aromatic N) is 2. The summed E-state index contributed by atoms with van der Waals surface area (Å²) in [7, 11) is 0. The summed E-state index contributed by atoms with van der Waals surface area (Å²) in [6.45, 7) is 4.34. The van der Waals surface area contributed by atoms with Crippen LogP contribution in [0.1, 0.15) is 48.8 Å². The number of hydrogen-bond donors (Lipinski definition) is 0. The minimum absolute atomic E-state index is 0.0843. The van der Waals surface area contributed by atoms with E-state index in [0.717, 1.165) is 54.5 Å². The van der Waals surface area contributed by atoms with E-state index in [1.165, 1.54) is 23.7 Å². The van der Waals surface area contributed by atoms with Gasteiger partial charge in [-0.25, -0.2) is 4.98 Å². The zero-order chi connectivity index (χ0) is 23.0. The first-order valence-electron chi connectivity index (χ1n) is 11.4. The Morgan fingerprint density at radius 2 is 1.91 bits per heavy atom. The molecule has 0 amide bonds. The summed E-state index contributed by atoms with van der Waals surface area (Å²) in [4.78, 5) is 19.2. The van der Waals surface area contributed by atoms with E-state index >= 15 is 0 Å². The van der Waals surface area contributed by atoms with Crippen molar-refractivity contribution in [2.45, 2.75) is 61.4 Å². The molecule has 6 heteroatoms. The monoisotopic (exact) mass is 496 g/mol. The number of thioether (sulfide) groups is 1. The Bertz CT molecular complexity index is 1280. The van der Waals surface area contributed by atoms with E-state index in [1.54, 1.807) is 16.7 Å². The third kappa shape index (κ3) is 4.18. The van der Waals surface area contributed by atoms with Crippen LogP contribution in [-0.4, -0.2) is 9.55 Å². The average molecular weight is 497 g/mol. The van der Waals surface area contributed by atoms with E-state index in [0.29, 0.717) is 27.5 Å². The van der Waals surface area contributed by atoms with Crippen molar-refractivity contribution in [2.24, 2.45) is 0 Å². The summed E-state index contributed by atoms with van der Waals surface area (Å²) >= 11 is 14.0. The van der Waals surface area contributed by atoms with Crippen LogP contribution >= 0.6 is 35.0 Å². The predicted octanol–water partition coefficient (Wildman–Crippen LogP) is 7.45. The van der Waals surface area contributed by atoms with Gasteiger partial charge < -0.3 is 0 Å². The fourth-order valence-electron chi connectivity index (χ4n) is 5.40. The van der Waals surface area contributed by atoms with Gasteiger partial charge in [0, 0.05) is 33.3 Å². The molecule has 3 nitrogen and oxygen atoms in total. The number of halogens is 2. The van der Waals surface area contributed by atoms with E-state index in [-0.39, 0.29) is 11.0 Å². The third-order valence-electron chi connectivity index (χ3n) is 6.96. The first-order valence-corrected chi connectivity index (χ1v) is 13.2. The van der Waals surface area contributed by atoms with Crippen molar-refractivity contribution in [1.29, 1.82) is 0 Å². The molecule has 1 fully saturated rings. The largest absolute Gasteiger partial charge is 0.283 e. The zero-order valence-electron chi connectivity index (χ0n) is 18.4. The van der Waals surface area contributed by atoms with Gasteiger partial charge in [-0.3, -0.25) is 9.36 Å². The molecule has 0 atom stereocenters. The molecule has 5 rings (SSSR count). The van der Waals surface area contributed by atoms with E-state index in [1.807, 2.05) is 18.2 Å². The molecule has 0 N–H and O–H groups in total. The highest BCUT2D eigenvalue weighted by molar-refractivity contribution is 7.98. The Morgan fingerprint density at radius 3 is 2.67 bits per heavy atom. The van der Waals surface area contributed by atoms with Crippen molar-refractivity contribution in [1.82, 2.24) is 9.55 Å². The number of rotatable bonds is 5. The molecule has 0 unspecified atom stereocenters. The molecule has 2 aromatic carbocycles. The summed E-state index contributed by atoms with van der Waals surface area (Å²) in [6, 6.07) is 14.0. The van der Waals surface area contributed by atoms with Crippen LogP contribution in [0, 0.1) is 0 Å². The fraction of sp³-hybridized carbons (Fsp3) is 0.333. The van der Waals surface area contributed by atoms with Crippen molar-refractivity contribution in [3.8, 4) is 11.3 Å². The lowest BCUT2D eigenvalue weighted by molar-refractivity contribution is 0.282. The van der Waals surface area contributed by atoms with Gasteiger partial charge in [0.2, 0.25) is 0 Å². The molecule has 33 heavy (non-hydrogen) atoms. The molecule has 0 aliphatic heterocycles. The number of benzene rings is 2. The molecule has 0 saturated heterocycles. The van der Waals surface area contributed by atoms with E-state index in [2.05, 4.69) is 24.8 Å². The van der Waals surface area contributed by atoms with Crippen LogP contribution in [0.5, 0.6) is 0 Å². The van der Waals surface area contributed by atoms with E-state index < -0.39 is 0 Å². The first kappa shape index (κ1) is 22.8. The lowest BCUT2D eigenvalue weighted by atomic mass is 9.62. The van der Waals surface area contributed by atoms with Gasteiger partial charge in [0.1, 0.15) is 0 Å². The summed E-state index contributed by atoms with van der Waals surface area (Å²) in [5.74, 6) is 0.602. The summed E-state index contributed by atoms with van der Waals surface area (Å²) in [5.41, 5.74) is 5.12. The lowest BCUT2D eigenvalue weighted by Crippen LogP contribution is -2.43. The lowest BCUT2D eigenvalue weighted by Gasteiger charge is -2.42. The maximum Gasteiger partial charge on any atom is 0.258 e. The van der Waals surface area contributed by atoms with Gasteiger partial charge in [-0.2, -0.15) is 0 Å². The maximum absolute atomic E-state index is 14.0. The van der Waals surface area contributed by atoms with Crippen LogP contribution in [0.15, 0.2) is 65.1 Å². The van der Waals surface area contributed by atoms with Crippen molar-refractivity contribution < 1.29 is 0 Å². The highest BCUT2D eigenvalue weighted by Gasteiger charge is 2.43. The molecular weight excluding hydrogens is 471 g/mol. The van der Waals surface area contributed by atoms with Crippen molar-refractivity contribution in [2.75, 3.05) is 0 Å². The SMILES string of the molecule is C=CCn1c(SCc2ccc(Cl)cc2Cl)nc2c(c1=O)C1(CCCCC1)Cc1ccccc1-2.